The molecule has 0 spiro atoms. The summed E-state index contributed by atoms with van der Waals surface area (Å²) < 4.78 is 0. The van der Waals surface area contributed by atoms with Gasteiger partial charge in [-0.25, -0.2) is 0 Å². The van der Waals surface area contributed by atoms with E-state index in [1.165, 1.54) is 6.20 Å². The van der Waals surface area contributed by atoms with E-state index in [1.54, 1.807) is 6.07 Å². The van der Waals surface area contributed by atoms with Crippen LogP contribution in [0.25, 0.3) is 0 Å². The molecule has 1 aliphatic rings. The predicted octanol–water partition coefficient (Wildman–Crippen LogP) is 2.04. The van der Waals surface area contributed by atoms with E-state index in [4.69, 9.17) is 5.26 Å². The highest BCUT2D eigenvalue weighted by atomic mass is 16.4. The fraction of sp³-hybridized carbons (Fsp3) is 0.571. The van der Waals surface area contributed by atoms with Gasteiger partial charge in [-0.3, -0.25) is 4.79 Å². The third-order valence-corrected chi connectivity index (χ3v) is 4.12. The van der Waals surface area contributed by atoms with Crippen LogP contribution in [0, 0.1) is 22.7 Å². The van der Waals surface area contributed by atoms with Crippen LogP contribution in [0.5, 0.6) is 0 Å². The van der Waals surface area contributed by atoms with Gasteiger partial charge < -0.3 is 10.4 Å². The van der Waals surface area contributed by atoms with Crippen molar-refractivity contribution in [3.63, 3.8) is 0 Å². The van der Waals surface area contributed by atoms with Crippen LogP contribution in [0.3, 0.4) is 0 Å². The lowest BCUT2D eigenvalue weighted by Crippen LogP contribution is -2.41. The number of aromatic nitrogens is 2. The average molecular weight is 274 g/mol. The number of hydrogen-bond donors (Lipinski definition) is 2. The zero-order chi connectivity index (χ0) is 14.6. The van der Waals surface area contributed by atoms with Crippen molar-refractivity contribution < 1.29 is 9.90 Å². The van der Waals surface area contributed by atoms with Gasteiger partial charge in [0.25, 0.3) is 0 Å². The Morgan fingerprint density at radius 2 is 2.30 bits per heavy atom. The molecule has 1 saturated carbocycles. The van der Waals surface area contributed by atoms with E-state index in [0.717, 1.165) is 12.8 Å². The molecule has 1 aliphatic carbocycles. The van der Waals surface area contributed by atoms with Crippen LogP contribution in [-0.2, 0) is 4.79 Å². The molecule has 2 N–H and O–H groups in total. The molecule has 0 radical (unpaired) electrons. The summed E-state index contributed by atoms with van der Waals surface area (Å²) in [6.07, 6.45) is 4.58. The van der Waals surface area contributed by atoms with Gasteiger partial charge in [0, 0.05) is 6.54 Å². The minimum absolute atomic E-state index is 0.280. The molecule has 0 bridgehead atoms. The van der Waals surface area contributed by atoms with Gasteiger partial charge in [0.1, 0.15) is 6.07 Å². The number of carboxylic acid groups (broad SMARTS) is 1. The summed E-state index contributed by atoms with van der Waals surface area (Å²) in [6, 6.07) is 3.58. The molecule has 1 fully saturated rings. The standard InChI is InChI=1S/C14H18N4O2/c1-10-2-5-14(6-3-10,13(19)20)9-16-12-11(8-15)4-7-17-18-12/h4,7,10H,2-3,5-6,9H2,1H3,(H,16,18)(H,19,20). The molecular weight excluding hydrogens is 256 g/mol. The smallest absolute Gasteiger partial charge is 0.311 e. The molecule has 106 valence electrons. The Kier molecular flexibility index (Phi) is 4.18. The molecule has 1 aromatic rings. The Balaban J connectivity index is 2.10. The lowest BCUT2D eigenvalue weighted by Gasteiger charge is -2.35. The van der Waals surface area contributed by atoms with Crippen LogP contribution < -0.4 is 5.32 Å². The van der Waals surface area contributed by atoms with Gasteiger partial charge in [-0.2, -0.15) is 10.4 Å². The Morgan fingerprint density at radius 3 is 2.90 bits per heavy atom. The summed E-state index contributed by atoms with van der Waals surface area (Å²) in [7, 11) is 0. The van der Waals surface area contributed by atoms with E-state index in [0.29, 0.717) is 30.1 Å². The molecule has 0 atom stereocenters. The van der Waals surface area contributed by atoms with E-state index in [1.807, 2.05) is 6.07 Å². The number of hydrogen-bond acceptors (Lipinski definition) is 5. The van der Waals surface area contributed by atoms with Gasteiger partial charge in [-0.1, -0.05) is 6.92 Å². The summed E-state index contributed by atoms with van der Waals surface area (Å²) in [5.41, 5.74) is -0.388. The van der Waals surface area contributed by atoms with Crippen molar-refractivity contribution in [3.8, 4) is 6.07 Å². The van der Waals surface area contributed by atoms with Crippen molar-refractivity contribution in [1.82, 2.24) is 10.2 Å². The van der Waals surface area contributed by atoms with Crippen molar-refractivity contribution in [1.29, 1.82) is 5.26 Å². The van der Waals surface area contributed by atoms with E-state index in [9.17, 15) is 9.90 Å². The Morgan fingerprint density at radius 1 is 1.60 bits per heavy atom. The van der Waals surface area contributed by atoms with Gasteiger partial charge in [0.2, 0.25) is 0 Å². The fourth-order valence-electron chi connectivity index (χ4n) is 2.59. The van der Waals surface area contributed by atoms with Crippen LogP contribution in [0.4, 0.5) is 5.82 Å². The number of nitrogens with zero attached hydrogens (tertiary/aromatic N) is 3. The highest BCUT2D eigenvalue weighted by molar-refractivity contribution is 5.75. The molecule has 6 heteroatoms. The fourth-order valence-corrected chi connectivity index (χ4v) is 2.59. The average Bonchev–Trinajstić information content (AvgIpc) is 2.47. The number of nitrogens with one attached hydrogen (secondary N) is 1. The van der Waals surface area contributed by atoms with Crippen LogP contribution in [0.15, 0.2) is 12.3 Å². The summed E-state index contributed by atoms with van der Waals surface area (Å²) in [4.78, 5) is 11.6. The summed E-state index contributed by atoms with van der Waals surface area (Å²) in [5, 5.41) is 29.1. The Bertz CT molecular complexity index is 530. The van der Waals surface area contributed by atoms with Crippen LogP contribution in [-0.4, -0.2) is 27.8 Å². The van der Waals surface area contributed by atoms with Crippen LogP contribution in [0.2, 0.25) is 0 Å². The molecule has 1 heterocycles. The lowest BCUT2D eigenvalue weighted by molar-refractivity contribution is -0.150. The molecule has 0 aromatic carbocycles. The minimum atomic E-state index is -0.778. The lowest BCUT2D eigenvalue weighted by atomic mass is 9.71. The maximum Gasteiger partial charge on any atom is 0.311 e. The molecule has 6 nitrogen and oxygen atoms in total. The maximum absolute atomic E-state index is 11.6. The normalized spacial score (nSPS) is 25.7. The highest BCUT2D eigenvalue weighted by Crippen LogP contribution is 2.39. The predicted molar refractivity (Wildman–Crippen MR) is 72.9 cm³/mol. The first-order valence-corrected chi connectivity index (χ1v) is 6.76. The van der Waals surface area contributed by atoms with Gasteiger partial charge in [0.05, 0.1) is 17.2 Å². The molecule has 0 amide bonds. The third-order valence-electron chi connectivity index (χ3n) is 4.12. The first-order valence-electron chi connectivity index (χ1n) is 6.76. The number of nitriles is 1. The maximum atomic E-state index is 11.6. The van der Waals surface area contributed by atoms with Crippen molar-refractivity contribution in [3.05, 3.63) is 17.8 Å². The number of rotatable bonds is 4. The zero-order valence-corrected chi connectivity index (χ0v) is 11.5. The van der Waals surface area contributed by atoms with E-state index >= 15 is 0 Å². The van der Waals surface area contributed by atoms with E-state index in [2.05, 4.69) is 22.4 Å². The van der Waals surface area contributed by atoms with E-state index < -0.39 is 11.4 Å². The number of anilines is 1. The molecular formula is C14H18N4O2. The topological polar surface area (TPSA) is 98.9 Å². The second-order valence-electron chi connectivity index (χ2n) is 5.53. The van der Waals surface area contributed by atoms with Gasteiger partial charge in [-0.05, 0) is 37.7 Å². The Labute approximate surface area is 117 Å². The van der Waals surface area contributed by atoms with Gasteiger partial charge in [0.15, 0.2) is 5.82 Å². The third kappa shape index (κ3) is 2.87. The van der Waals surface area contributed by atoms with Crippen molar-refractivity contribution >= 4 is 11.8 Å². The first-order chi connectivity index (χ1) is 9.57. The number of carboxylic acids is 1. The first kappa shape index (κ1) is 14.3. The summed E-state index contributed by atoms with van der Waals surface area (Å²) in [6.45, 7) is 2.43. The largest absolute Gasteiger partial charge is 0.481 e. The van der Waals surface area contributed by atoms with E-state index in [-0.39, 0.29) is 6.54 Å². The number of carbonyl (C=O) groups is 1. The van der Waals surface area contributed by atoms with Crippen LogP contribution >= 0.6 is 0 Å². The molecule has 2 rings (SSSR count). The SMILES string of the molecule is CC1CCC(CNc2nnccc2C#N)(C(=O)O)CC1. The zero-order valence-electron chi connectivity index (χ0n) is 11.5. The second-order valence-corrected chi connectivity index (χ2v) is 5.53. The Hall–Kier alpha value is -2.16. The van der Waals surface area contributed by atoms with Crippen LogP contribution in [0.1, 0.15) is 38.2 Å². The molecule has 20 heavy (non-hydrogen) atoms. The molecule has 0 aliphatic heterocycles. The quantitative estimate of drug-likeness (QED) is 0.871. The van der Waals surface area contributed by atoms with Gasteiger partial charge in [-0.15, -0.1) is 5.10 Å². The van der Waals surface area contributed by atoms with Crippen molar-refractivity contribution in [2.75, 3.05) is 11.9 Å². The van der Waals surface area contributed by atoms with Crippen molar-refractivity contribution in [2.45, 2.75) is 32.6 Å². The molecule has 0 saturated heterocycles. The molecule has 1 aromatic heterocycles. The molecule has 0 unspecified atom stereocenters. The minimum Gasteiger partial charge on any atom is -0.481 e. The monoisotopic (exact) mass is 274 g/mol. The summed E-state index contributed by atoms with van der Waals surface area (Å²) in [5.74, 6) is 0.155. The van der Waals surface area contributed by atoms with Crippen molar-refractivity contribution in [2.24, 2.45) is 11.3 Å². The van der Waals surface area contributed by atoms with Gasteiger partial charge >= 0.3 is 5.97 Å². The number of aliphatic carboxylic acids is 1. The summed E-state index contributed by atoms with van der Waals surface area (Å²) >= 11 is 0. The second kappa shape index (κ2) is 5.87. The highest BCUT2D eigenvalue weighted by Gasteiger charge is 2.41.